The molecule has 3 aromatic rings. The van der Waals surface area contributed by atoms with Gasteiger partial charge in [-0.25, -0.2) is 0 Å². The summed E-state index contributed by atoms with van der Waals surface area (Å²) >= 11 is 0. The highest BCUT2D eigenvalue weighted by Crippen LogP contribution is 2.37. The van der Waals surface area contributed by atoms with Gasteiger partial charge in [0.15, 0.2) is 0 Å². The van der Waals surface area contributed by atoms with Gasteiger partial charge >= 0.3 is 6.18 Å². The second-order valence-electron chi connectivity index (χ2n) is 5.21. The minimum atomic E-state index is -4.59. The van der Waals surface area contributed by atoms with Gasteiger partial charge in [-0.15, -0.1) is 0 Å². The van der Waals surface area contributed by atoms with Gasteiger partial charge in [-0.3, -0.25) is 4.79 Å². The molecule has 0 bridgehead atoms. The van der Waals surface area contributed by atoms with E-state index in [0.29, 0.717) is 5.58 Å². The number of fused-ring (bicyclic) bond motifs is 2. The van der Waals surface area contributed by atoms with E-state index in [0.717, 1.165) is 6.08 Å². The number of rotatable bonds is 2. The van der Waals surface area contributed by atoms with Crippen LogP contribution in [0.25, 0.3) is 27.5 Å². The van der Waals surface area contributed by atoms with Crippen LogP contribution in [0.15, 0.2) is 69.9 Å². The van der Waals surface area contributed by atoms with Crippen molar-refractivity contribution in [3.05, 3.63) is 76.5 Å². The van der Waals surface area contributed by atoms with Crippen molar-refractivity contribution in [2.75, 3.05) is 0 Å². The van der Waals surface area contributed by atoms with E-state index in [9.17, 15) is 18.0 Å². The molecule has 3 rings (SSSR count). The molecule has 0 fully saturated rings. The van der Waals surface area contributed by atoms with Crippen molar-refractivity contribution in [1.29, 1.82) is 0 Å². The van der Waals surface area contributed by atoms with Crippen LogP contribution in [0.2, 0.25) is 0 Å². The molecule has 5 heteroatoms. The maximum atomic E-state index is 13.5. The van der Waals surface area contributed by atoms with Gasteiger partial charge in [-0.2, -0.15) is 13.2 Å². The summed E-state index contributed by atoms with van der Waals surface area (Å²) in [6, 6.07) is 10.7. The maximum Gasteiger partial charge on any atom is 0.417 e. The van der Waals surface area contributed by atoms with E-state index in [-0.39, 0.29) is 21.9 Å². The number of allylic oxidation sites excluding steroid dienone is 4. The number of alkyl halides is 3. The van der Waals surface area contributed by atoms with Crippen LogP contribution in [0.4, 0.5) is 13.2 Å². The van der Waals surface area contributed by atoms with Gasteiger partial charge in [-0.1, -0.05) is 36.4 Å². The maximum absolute atomic E-state index is 13.5. The lowest BCUT2D eigenvalue weighted by molar-refractivity contribution is -0.0688. The van der Waals surface area contributed by atoms with Crippen LogP contribution in [0, 0.1) is 0 Å². The number of benzene rings is 2. The Hall–Kier alpha value is -2.82. The van der Waals surface area contributed by atoms with Crippen molar-refractivity contribution in [2.24, 2.45) is 0 Å². The van der Waals surface area contributed by atoms with Crippen molar-refractivity contribution in [2.45, 2.75) is 13.1 Å². The SMILES string of the molecule is C/C=C\C=C(/c1cccc2oc3ccccc3c(=O)c12)C(F)(F)F. The highest BCUT2D eigenvalue weighted by Gasteiger charge is 2.35. The molecule has 2 aromatic carbocycles. The Morgan fingerprint density at radius 3 is 2.46 bits per heavy atom. The average molecular weight is 330 g/mol. The van der Waals surface area contributed by atoms with Gasteiger partial charge in [0.2, 0.25) is 5.43 Å². The molecule has 1 aromatic heterocycles. The molecule has 0 radical (unpaired) electrons. The molecule has 24 heavy (non-hydrogen) atoms. The van der Waals surface area contributed by atoms with Gasteiger partial charge in [0.05, 0.1) is 16.3 Å². The van der Waals surface area contributed by atoms with Gasteiger partial charge in [0.25, 0.3) is 0 Å². The predicted molar refractivity (Wildman–Crippen MR) is 88.8 cm³/mol. The van der Waals surface area contributed by atoms with Gasteiger partial charge < -0.3 is 4.42 Å². The van der Waals surface area contributed by atoms with Crippen molar-refractivity contribution >= 4 is 27.5 Å². The van der Waals surface area contributed by atoms with Crippen molar-refractivity contribution < 1.29 is 17.6 Å². The number of halogens is 3. The molecule has 122 valence electrons. The third kappa shape index (κ3) is 2.73. The zero-order chi connectivity index (χ0) is 17.3. The predicted octanol–water partition coefficient (Wildman–Crippen LogP) is 5.47. The first-order chi connectivity index (χ1) is 11.4. The number of hydrogen-bond donors (Lipinski definition) is 0. The fraction of sp³-hybridized carbons (Fsp3) is 0.105. The Bertz CT molecular complexity index is 1020. The lowest BCUT2D eigenvalue weighted by Gasteiger charge is -2.13. The monoisotopic (exact) mass is 330 g/mol. The summed E-state index contributed by atoms with van der Waals surface area (Å²) in [5, 5.41) is 0.189. The Kier molecular flexibility index (Phi) is 4.01. The smallest absolute Gasteiger partial charge is 0.417 e. The highest BCUT2D eigenvalue weighted by atomic mass is 19.4. The average Bonchev–Trinajstić information content (AvgIpc) is 2.54. The zero-order valence-electron chi connectivity index (χ0n) is 12.7. The Labute approximate surface area is 135 Å². The van der Waals surface area contributed by atoms with Crippen LogP contribution in [0.3, 0.4) is 0 Å². The summed E-state index contributed by atoms with van der Waals surface area (Å²) in [5.41, 5.74) is -1.06. The van der Waals surface area contributed by atoms with Gasteiger partial charge in [0.1, 0.15) is 11.2 Å². The van der Waals surface area contributed by atoms with Crippen molar-refractivity contribution in [3.8, 4) is 0 Å². The molecular weight excluding hydrogens is 317 g/mol. The number of para-hydroxylation sites is 1. The summed E-state index contributed by atoms with van der Waals surface area (Å²) in [6.45, 7) is 1.62. The van der Waals surface area contributed by atoms with Crippen LogP contribution in [-0.2, 0) is 0 Å². The molecule has 0 N–H and O–H groups in total. The molecule has 2 nitrogen and oxygen atoms in total. The highest BCUT2D eigenvalue weighted by molar-refractivity contribution is 5.97. The molecule has 0 aliphatic heterocycles. The van der Waals surface area contributed by atoms with E-state index in [1.54, 1.807) is 31.2 Å². The molecule has 0 aliphatic carbocycles. The Morgan fingerprint density at radius 1 is 1.04 bits per heavy atom. The van der Waals surface area contributed by atoms with Gasteiger partial charge in [-0.05, 0) is 31.2 Å². The fourth-order valence-electron chi connectivity index (χ4n) is 2.60. The third-order valence-electron chi connectivity index (χ3n) is 3.66. The molecule has 0 amide bonds. The normalized spacial score (nSPS) is 13.2. The van der Waals surface area contributed by atoms with Crippen LogP contribution in [-0.4, -0.2) is 6.18 Å². The first-order valence-electron chi connectivity index (χ1n) is 7.28. The fourth-order valence-corrected chi connectivity index (χ4v) is 2.60. The molecule has 0 saturated carbocycles. The summed E-state index contributed by atoms with van der Waals surface area (Å²) < 4.78 is 46.0. The topological polar surface area (TPSA) is 30.2 Å². The largest absolute Gasteiger partial charge is 0.456 e. The van der Waals surface area contributed by atoms with E-state index in [1.807, 2.05) is 0 Å². The van der Waals surface area contributed by atoms with E-state index < -0.39 is 17.2 Å². The van der Waals surface area contributed by atoms with Crippen LogP contribution < -0.4 is 5.43 Å². The van der Waals surface area contributed by atoms with E-state index in [4.69, 9.17) is 4.42 Å². The second kappa shape index (κ2) is 6.00. The zero-order valence-corrected chi connectivity index (χ0v) is 12.7. The van der Waals surface area contributed by atoms with Crippen LogP contribution in [0.5, 0.6) is 0 Å². The second-order valence-corrected chi connectivity index (χ2v) is 5.21. The van der Waals surface area contributed by atoms with Crippen molar-refractivity contribution in [3.63, 3.8) is 0 Å². The molecule has 0 atom stereocenters. The van der Waals surface area contributed by atoms with Gasteiger partial charge in [0, 0.05) is 5.56 Å². The summed E-state index contributed by atoms with van der Waals surface area (Å²) in [4.78, 5) is 12.7. The molecule has 0 spiro atoms. The Balaban J connectivity index is 2.45. The first-order valence-corrected chi connectivity index (χ1v) is 7.28. The lowest BCUT2D eigenvalue weighted by Crippen LogP contribution is -2.13. The third-order valence-corrected chi connectivity index (χ3v) is 3.66. The van der Waals surface area contributed by atoms with E-state index in [2.05, 4.69) is 0 Å². The first kappa shape index (κ1) is 16.1. The minimum absolute atomic E-state index is 0.0655. The lowest BCUT2D eigenvalue weighted by atomic mass is 9.98. The standard InChI is InChI=1S/C19H13F3O2/c1-2-3-9-14(19(20,21)22)12-8-6-11-16-17(12)18(23)13-7-4-5-10-15(13)24-16/h2-11H,1H3/b3-2-,14-9+. The molecule has 1 heterocycles. The quantitative estimate of drug-likeness (QED) is 0.461. The summed E-state index contributed by atoms with van der Waals surface area (Å²) in [7, 11) is 0. The van der Waals surface area contributed by atoms with Crippen molar-refractivity contribution in [1.82, 2.24) is 0 Å². The summed E-state index contributed by atoms with van der Waals surface area (Å²) in [6.07, 6.45) is -0.839. The summed E-state index contributed by atoms with van der Waals surface area (Å²) in [5.74, 6) is 0. The van der Waals surface area contributed by atoms with E-state index in [1.165, 1.54) is 30.4 Å². The number of hydrogen-bond acceptors (Lipinski definition) is 2. The molecule has 0 saturated heterocycles. The van der Waals surface area contributed by atoms with Crippen LogP contribution in [0.1, 0.15) is 12.5 Å². The molecule has 0 unspecified atom stereocenters. The van der Waals surface area contributed by atoms with Crippen LogP contribution >= 0.6 is 0 Å². The Morgan fingerprint density at radius 2 is 1.75 bits per heavy atom. The minimum Gasteiger partial charge on any atom is -0.456 e. The molecule has 0 aliphatic rings. The van der Waals surface area contributed by atoms with E-state index >= 15 is 0 Å². The molecular formula is C19H13F3O2.